The first-order chi connectivity index (χ1) is 4.29. The van der Waals surface area contributed by atoms with Crippen LogP contribution in [0.2, 0.25) is 0 Å². The maximum absolute atomic E-state index is 5.46. The van der Waals surface area contributed by atoms with Crippen LogP contribution in [0.25, 0.3) is 0 Å². The summed E-state index contributed by atoms with van der Waals surface area (Å²) in [5.41, 5.74) is 5.46. The zero-order valence-electron chi connectivity index (χ0n) is 5.20. The van der Waals surface area contributed by atoms with Crippen molar-refractivity contribution in [1.29, 1.82) is 0 Å². The van der Waals surface area contributed by atoms with Crippen molar-refractivity contribution in [3.05, 3.63) is 5.82 Å². The molecule has 1 aromatic heterocycles. The van der Waals surface area contributed by atoms with Crippen LogP contribution in [-0.2, 0) is 6.42 Å². The molecule has 1 unspecified atom stereocenters. The Hall–Kier alpha value is -0.970. The molecular weight excluding hydrogens is 118 g/mol. The average Bonchev–Trinajstić information content (AvgIpc) is 2.15. The first-order valence-corrected chi connectivity index (χ1v) is 2.77. The predicted molar refractivity (Wildman–Crippen MR) is 31.5 cm³/mol. The molecule has 50 valence electrons. The van der Waals surface area contributed by atoms with E-state index in [-0.39, 0.29) is 6.04 Å². The summed E-state index contributed by atoms with van der Waals surface area (Å²) in [5.74, 6) is 0.671. The summed E-state index contributed by atoms with van der Waals surface area (Å²) in [5, 5.41) is 13.2. The second kappa shape index (κ2) is 2.54. The van der Waals surface area contributed by atoms with Crippen molar-refractivity contribution in [2.45, 2.75) is 19.4 Å². The van der Waals surface area contributed by atoms with Crippen LogP contribution < -0.4 is 5.73 Å². The fourth-order valence-electron chi connectivity index (χ4n) is 0.557. The highest BCUT2D eigenvalue weighted by molar-refractivity contribution is 4.79. The van der Waals surface area contributed by atoms with Crippen LogP contribution in [-0.4, -0.2) is 26.7 Å². The first kappa shape index (κ1) is 6.15. The van der Waals surface area contributed by atoms with Gasteiger partial charge in [0, 0.05) is 12.5 Å². The number of tetrazole rings is 1. The number of nitrogens with two attached hydrogens (primary N) is 1. The van der Waals surface area contributed by atoms with Gasteiger partial charge in [-0.15, -0.1) is 10.2 Å². The topological polar surface area (TPSA) is 80.5 Å². The van der Waals surface area contributed by atoms with Gasteiger partial charge in [-0.2, -0.15) is 5.21 Å². The van der Waals surface area contributed by atoms with E-state index in [2.05, 4.69) is 20.6 Å². The second-order valence-electron chi connectivity index (χ2n) is 2.01. The molecule has 3 N–H and O–H groups in total. The standard InChI is InChI=1S/C4H9N5/c1-3(5)2-4-6-8-9-7-4/h3H,2,5H2,1H3,(H,6,7,8,9). The number of nitrogens with one attached hydrogen (secondary N) is 1. The Labute approximate surface area is 52.6 Å². The highest BCUT2D eigenvalue weighted by Gasteiger charge is 1.99. The highest BCUT2D eigenvalue weighted by Crippen LogP contribution is 1.87. The lowest BCUT2D eigenvalue weighted by Gasteiger charge is -1.96. The van der Waals surface area contributed by atoms with E-state index in [0.717, 1.165) is 0 Å². The molecule has 9 heavy (non-hydrogen) atoms. The van der Waals surface area contributed by atoms with Crippen LogP contribution in [0, 0.1) is 0 Å². The lowest BCUT2D eigenvalue weighted by atomic mass is 10.2. The van der Waals surface area contributed by atoms with Crippen LogP contribution in [0.5, 0.6) is 0 Å². The molecule has 5 nitrogen and oxygen atoms in total. The van der Waals surface area contributed by atoms with Crippen molar-refractivity contribution in [2.24, 2.45) is 5.73 Å². The number of rotatable bonds is 2. The van der Waals surface area contributed by atoms with E-state index >= 15 is 0 Å². The molecule has 1 heterocycles. The van der Waals surface area contributed by atoms with E-state index in [1.54, 1.807) is 0 Å². The molecular formula is C4H9N5. The van der Waals surface area contributed by atoms with Gasteiger partial charge >= 0.3 is 0 Å². The normalized spacial score (nSPS) is 13.6. The molecule has 0 spiro atoms. The highest BCUT2D eigenvalue weighted by atomic mass is 15.5. The minimum Gasteiger partial charge on any atom is -0.328 e. The molecule has 0 saturated heterocycles. The minimum absolute atomic E-state index is 0.0996. The summed E-state index contributed by atoms with van der Waals surface area (Å²) in [6, 6.07) is 0.0996. The summed E-state index contributed by atoms with van der Waals surface area (Å²) in [6.07, 6.45) is 0.677. The number of H-pyrrole nitrogens is 1. The van der Waals surface area contributed by atoms with E-state index in [1.807, 2.05) is 6.92 Å². The average molecular weight is 127 g/mol. The third-order valence-electron chi connectivity index (χ3n) is 0.894. The zero-order valence-corrected chi connectivity index (χ0v) is 5.20. The Bertz CT molecular complexity index is 155. The van der Waals surface area contributed by atoms with Gasteiger partial charge in [0.1, 0.15) is 0 Å². The fraction of sp³-hybridized carbons (Fsp3) is 0.750. The van der Waals surface area contributed by atoms with Gasteiger partial charge in [-0.3, -0.25) is 0 Å². The molecule has 0 aromatic carbocycles. The van der Waals surface area contributed by atoms with Crippen molar-refractivity contribution >= 4 is 0 Å². The maximum Gasteiger partial charge on any atom is 0.176 e. The van der Waals surface area contributed by atoms with Gasteiger partial charge in [0.05, 0.1) is 0 Å². The smallest absolute Gasteiger partial charge is 0.176 e. The van der Waals surface area contributed by atoms with Gasteiger partial charge in [-0.1, -0.05) is 5.21 Å². The molecule has 1 rings (SSSR count). The van der Waals surface area contributed by atoms with Gasteiger partial charge in [0.15, 0.2) is 5.82 Å². The van der Waals surface area contributed by atoms with E-state index in [9.17, 15) is 0 Å². The first-order valence-electron chi connectivity index (χ1n) is 2.77. The lowest BCUT2D eigenvalue weighted by molar-refractivity contribution is 0.703. The molecule has 5 heteroatoms. The molecule has 0 aliphatic heterocycles. The van der Waals surface area contributed by atoms with Crippen LogP contribution in [0.15, 0.2) is 0 Å². The third-order valence-corrected chi connectivity index (χ3v) is 0.894. The minimum atomic E-state index is 0.0996. The molecule has 0 amide bonds. The number of nitrogens with zero attached hydrogens (tertiary/aromatic N) is 3. The van der Waals surface area contributed by atoms with E-state index in [0.29, 0.717) is 12.2 Å². The summed E-state index contributed by atoms with van der Waals surface area (Å²) < 4.78 is 0. The molecule has 1 aromatic rings. The van der Waals surface area contributed by atoms with Crippen LogP contribution >= 0.6 is 0 Å². The largest absolute Gasteiger partial charge is 0.328 e. The van der Waals surface area contributed by atoms with Crippen molar-refractivity contribution in [1.82, 2.24) is 20.6 Å². The van der Waals surface area contributed by atoms with Gasteiger partial charge in [0.2, 0.25) is 0 Å². The lowest BCUT2D eigenvalue weighted by Crippen LogP contribution is -2.18. The van der Waals surface area contributed by atoms with E-state index in [1.165, 1.54) is 0 Å². The predicted octanol–water partition coefficient (Wildman–Crippen LogP) is -0.911. The molecule has 0 aliphatic carbocycles. The Balaban J connectivity index is 2.48. The fourth-order valence-corrected chi connectivity index (χ4v) is 0.557. The Morgan fingerprint density at radius 3 is 3.00 bits per heavy atom. The number of aromatic nitrogens is 4. The Kier molecular flexibility index (Phi) is 1.74. The summed E-state index contributed by atoms with van der Waals surface area (Å²) >= 11 is 0. The Morgan fingerprint density at radius 1 is 1.78 bits per heavy atom. The number of hydrogen-bond donors (Lipinski definition) is 2. The number of aromatic amines is 1. The van der Waals surface area contributed by atoms with Crippen molar-refractivity contribution in [2.75, 3.05) is 0 Å². The Morgan fingerprint density at radius 2 is 2.56 bits per heavy atom. The van der Waals surface area contributed by atoms with Crippen molar-refractivity contribution in [3.8, 4) is 0 Å². The molecule has 0 radical (unpaired) electrons. The molecule has 0 saturated carbocycles. The zero-order chi connectivity index (χ0) is 6.69. The van der Waals surface area contributed by atoms with Crippen molar-refractivity contribution < 1.29 is 0 Å². The molecule has 0 fully saturated rings. The van der Waals surface area contributed by atoms with E-state index < -0.39 is 0 Å². The summed E-state index contributed by atoms with van der Waals surface area (Å²) in [6.45, 7) is 1.90. The SMILES string of the molecule is CC(N)Cc1nn[nH]n1. The van der Waals surface area contributed by atoms with Crippen LogP contribution in [0.1, 0.15) is 12.7 Å². The van der Waals surface area contributed by atoms with E-state index in [4.69, 9.17) is 5.73 Å². The van der Waals surface area contributed by atoms with Gasteiger partial charge in [-0.05, 0) is 6.92 Å². The molecule has 0 aliphatic rings. The monoisotopic (exact) mass is 127 g/mol. The van der Waals surface area contributed by atoms with Gasteiger partial charge in [-0.25, -0.2) is 0 Å². The quantitative estimate of drug-likeness (QED) is 0.539. The third kappa shape index (κ3) is 1.77. The number of hydrogen-bond acceptors (Lipinski definition) is 4. The van der Waals surface area contributed by atoms with Crippen LogP contribution in [0.4, 0.5) is 0 Å². The second-order valence-corrected chi connectivity index (χ2v) is 2.01. The summed E-state index contributed by atoms with van der Waals surface area (Å²) in [4.78, 5) is 0. The van der Waals surface area contributed by atoms with Crippen molar-refractivity contribution in [3.63, 3.8) is 0 Å². The van der Waals surface area contributed by atoms with Gasteiger partial charge < -0.3 is 5.73 Å². The maximum atomic E-state index is 5.46. The molecule has 0 bridgehead atoms. The summed E-state index contributed by atoms with van der Waals surface area (Å²) in [7, 11) is 0. The van der Waals surface area contributed by atoms with Crippen LogP contribution in [0.3, 0.4) is 0 Å². The van der Waals surface area contributed by atoms with Gasteiger partial charge in [0.25, 0.3) is 0 Å². The molecule has 1 atom stereocenters.